The number of hydrogen-bond donors (Lipinski definition) is 5. The Kier molecular flexibility index (Phi) is 44.5. The van der Waals surface area contributed by atoms with Crippen LogP contribution in [0.5, 0.6) is 0 Å². The van der Waals surface area contributed by atoms with Crippen LogP contribution >= 0.6 is 0 Å². The molecule has 0 aliphatic carbocycles. The number of nitrogens with two attached hydrogens (primary N) is 1. The third-order valence-corrected chi connectivity index (χ3v) is 10.2. The number of ketones is 2. The lowest BCUT2D eigenvalue weighted by molar-refractivity contribution is -0.142. The fourth-order valence-corrected chi connectivity index (χ4v) is 6.21. The molecule has 0 fully saturated rings. The predicted octanol–water partition coefficient (Wildman–Crippen LogP) is 7.11. The maximum absolute atomic E-state index is 12.2. The monoisotopic (exact) mass is 890 g/mol. The van der Waals surface area contributed by atoms with Crippen molar-refractivity contribution in [1.29, 1.82) is 0 Å². The van der Waals surface area contributed by atoms with Crippen LogP contribution in [0, 0.1) is 5.92 Å². The Hall–Kier alpha value is -3.47. The maximum Gasteiger partial charge on any atom is 0.326 e. The fraction of sp³-hybridized carbons (Fsp3) is 0.848. The van der Waals surface area contributed by atoms with Gasteiger partial charge in [-0.25, -0.2) is 4.79 Å². The second kappa shape index (κ2) is 45.6. The number of carboxylic acids is 2. The van der Waals surface area contributed by atoms with E-state index in [2.05, 4.69) is 10.6 Å². The predicted molar refractivity (Wildman–Crippen MR) is 241 cm³/mol. The zero-order chi connectivity index (χ0) is 46.5. The lowest BCUT2D eigenvalue weighted by Gasteiger charge is -2.14. The van der Waals surface area contributed by atoms with Crippen molar-refractivity contribution < 1.29 is 64.1 Å². The van der Waals surface area contributed by atoms with E-state index in [9.17, 15) is 38.7 Å². The number of carboxylic acid groups (broad SMARTS) is 2. The molecule has 0 rings (SSSR count). The molecule has 0 aromatic heterocycles. The Morgan fingerprint density at radius 1 is 0.548 bits per heavy atom. The molecule has 2 atom stereocenters. The van der Waals surface area contributed by atoms with Gasteiger partial charge in [0.15, 0.2) is 5.78 Å². The average molecular weight is 890 g/mol. The van der Waals surface area contributed by atoms with Crippen LogP contribution < -0.4 is 16.4 Å². The number of Topliss-reactive ketones (excluding diaryl/α,β-unsaturated/α-hetero) is 2. The van der Waals surface area contributed by atoms with Gasteiger partial charge in [-0.3, -0.25) is 28.8 Å². The van der Waals surface area contributed by atoms with E-state index in [1.807, 2.05) is 6.92 Å². The normalized spacial score (nSPS) is 11.9. The molecule has 0 saturated carbocycles. The highest BCUT2D eigenvalue weighted by Crippen LogP contribution is 2.14. The second-order valence-electron chi connectivity index (χ2n) is 15.9. The van der Waals surface area contributed by atoms with Crippen LogP contribution in [0.3, 0.4) is 0 Å². The molecule has 16 heteroatoms. The number of aliphatic carboxylic acids is 2. The molecular weight excluding hydrogens is 803 g/mol. The highest BCUT2D eigenvalue weighted by molar-refractivity contribution is 5.84. The second-order valence-corrected chi connectivity index (χ2v) is 15.9. The van der Waals surface area contributed by atoms with E-state index >= 15 is 0 Å². The van der Waals surface area contributed by atoms with Crippen molar-refractivity contribution in [2.75, 3.05) is 59.9 Å². The van der Waals surface area contributed by atoms with Gasteiger partial charge in [0.1, 0.15) is 18.4 Å². The molecule has 0 unspecified atom stereocenters. The number of carbonyl (C=O) groups excluding carboxylic acids is 5. The first-order chi connectivity index (χ1) is 29.8. The minimum Gasteiger partial charge on any atom is -0.481 e. The molecule has 364 valence electrons. The van der Waals surface area contributed by atoms with Gasteiger partial charge in [-0.05, 0) is 38.5 Å². The highest BCUT2D eigenvalue weighted by atomic mass is 16.5. The molecule has 0 aliphatic heterocycles. The quantitative estimate of drug-likeness (QED) is 0.0383. The Balaban J connectivity index is -0.00000124. The summed E-state index contributed by atoms with van der Waals surface area (Å²) in [5.41, 5.74) is 5.19. The number of carbonyl (C=O) groups is 7. The first-order valence-electron chi connectivity index (χ1n) is 23.4. The summed E-state index contributed by atoms with van der Waals surface area (Å²) in [5.74, 6) is -2.38. The molecule has 0 radical (unpaired) electrons. The number of hydrogen-bond acceptors (Lipinski definition) is 11. The first kappa shape index (κ1) is 60.6. The maximum atomic E-state index is 12.2. The van der Waals surface area contributed by atoms with Gasteiger partial charge in [0, 0.05) is 66.1 Å². The minimum absolute atomic E-state index is 0. The average Bonchev–Trinajstić information content (AvgIpc) is 3.23. The van der Waals surface area contributed by atoms with Crippen molar-refractivity contribution in [1.82, 2.24) is 10.6 Å². The molecule has 62 heavy (non-hydrogen) atoms. The van der Waals surface area contributed by atoms with Gasteiger partial charge in [0.05, 0.1) is 33.0 Å². The number of primary amides is 1. The van der Waals surface area contributed by atoms with Crippen LogP contribution in [-0.2, 0) is 52.5 Å². The van der Waals surface area contributed by atoms with Gasteiger partial charge in [0.2, 0.25) is 17.7 Å². The molecule has 16 nitrogen and oxygen atoms in total. The molecular formula is C46H87N3O13. The van der Waals surface area contributed by atoms with E-state index in [1.54, 1.807) is 14.0 Å². The van der Waals surface area contributed by atoms with Crippen molar-refractivity contribution in [3.05, 3.63) is 0 Å². The summed E-state index contributed by atoms with van der Waals surface area (Å²) in [4.78, 5) is 79.5. The van der Waals surface area contributed by atoms with Crippen LogP contribution in [0.2, 0.25) is 0 Å². The lowest BCUT2D eigenvalue weighted by Crippen LogP contribution is -2.41. The fourth-order valence-electron chi connectivity index (χ4n) is 6.21. The molecule has 3 amide bonds. The third-order valence-electron chi connectivity index (χ3n) is 10.2. The summed E-state index contributed by atoms with van der Waals surface area (Å²) < 4.78 is 20.7. The van der Waals surface area contributed by atoms with Crippen molar-refractivity contribution in [3.63, 3.8) is 0 Å². The van der Waals surface area contributed by atoms with Crippen molar-refractivity contribution in [2.24, 2.45) is 11.7 Å². The van der Waals surface area contributed by atoms with Crippen LogP contribution in [-0.4, -0.2) is 117 Å². The zero-order valence-corrected chi connectivity index (χ0v) is 38.7. The number of methoxy groups -OCH3 is 1. The van der Waals surface area contributed by atoms with Gasteiger partial charge in [0.25, 0.3) is 0 Å². The molecule has 0 saturated heterocycles. The van der Waals surface area contributed by atoms with E-state index in [-0.39, 0.29) is 62.5 Å². The topological polar surface area (TPSA) is 247 Å². The Morgan fingerprint density at radius 2 is 1.05 bits per heavy atom. The summed E-state index contributed by atoms with van der Waals surface area (Å²) in [6.07, 6.45) is 21.6. The standard InChI is InChI=1S/C29H53NO8.C17H32N2O5.H2/c1-37-23-24-38-22-16-17-25(31)20-21-26(29(35)36)30-27(32)18-14-12-10-8-6-4-2-3-5-7-9-11-13-15-19-28(33)34;1-3-16(21)19-9-10-23-11-12-24-13-15(20)8-6-4-5-7-14(2)17(18)22;/h26H,2-24H2,1H3,(H,30,32)(H,33,34)(H,35,36);14H,3-13H2,1-2H3,(H2,18,22)(H,19,21);1H/t26-;14-;/m00./s1. The van der Waals surface area contributed by atoms with Gasteiger partial charge in [-0.1, -0.05) is 104 Å². The summed E-state index contributed by atoms with van der Waals surface area (Å²) in [6.45, 7) is 6.87. The molecule has 0 aromatic carbocycles. The summed E-state index contributed by atoms with van der Waals surface area (Å²) >= 11 is 0. The van der Waals surface area contributed by atoms with Gasteiger partial charge in [-0.2, -0.15) is 0 Å². The van der Waals surface area contributed by atoms with Crippen LogP contribution in [0.4, 0.5) is 0 Å². The summed E-state index contributed by atoms with van der Waals surface area (Å²) in [6, 6.07) is -1.03. The van der Waals surface area contributed by atoms with E-state index in [0.717, 1.165) is 70.6 Å². The summed E-state index contributed by atoms with van der Waals surface area (Å²) in [7, 11) is 1.59. The van der Waals surface area contributed by atoms with E-state index < -0.39 is 18.0 Å². The molecule has 0 spiro atoms. The summed E-state index contributed by atoms with van der Waals surface area (Å²) in [5, 5.41) is 23.2. The van der Waals surface area contributed by atoms with E-state index in [1.165, 1.54) is 44.9 Å². The number of amides is 3. The smallest absolute Gasteiger partial charge is 0.326 e. The van der Waals surface area contributed by atoms with Gasteiger partial charge in [-0.15, -0.1) is 0 Å². The molecule has 0 aliphatic rings. The minimum atomic E-state index is -1.11. The third kappa shape index (κ3) is 46.0. The van der Waals surface area contributed by atoms with Gasteiger partial charge >= 0.3 is 11.9 Å². The molecule has 0 aromatic rings. The Labute approximate surface area is 373 Å². The van der Waals surface area contributed by atoms with Crippen LogP contribution in [0.25, 0.3) is 0 Å². The number of ether oxygens (including phenoxy) is 4. The van der Waals surface area contributed by atoms with Crippen molar-refractivity contribution >= 4 is 41.2 Å². The largest absolute Gasteiger partial charge is 0.481 e. The van der Waals surface area contributed by atoms with E-state index in [4.69, 9.17) is 29.8 Å². The highest BCUT2D eigenvalue weighted by Gasteiger charge is 2.20. The van der Waals surface area contributed by atoms with Crippen LogP contribution in [0.1, 0.15) is 182 Å². The zero-order valence-electron chi connectivity index (χ0n) is 38.7. The van der Waals surface area contributed by atoms with Crippen molar-refractivity contribution in [3.8, 4) is 0 Å². The first-order valence-corrected chi connectivity index (χ1v) is 23.4. The lowest BCUT2D eigenvalue weighted by atomic mass is 10.0. The van der Waals surface area contributed by atoms with E-state index in [0.29, 0.717) is 78.3 Å². The number of rotatable bonds is 45. The SMILES string of the molecule is CCC(=O)NCCOCCOCC(=O)CCCCC[C@H](C)C(N)=O.COCCOCCCC(=O)CC[C@H](NC(=O)CCCCCCCCCCCCCCCCC(=O)O)C(=O)O.[HH]. The number of nitrogens with one attached hydrogen (secondary N) is 2. The molecule has 6 N–H and O–H groups in total. The Morgan fingerprint density at radius 3 is 1.60 bits per heavy atom. The van der Waals surface area contributed by atoms with Gasteiger partial charge < -0.3 is 45.5 Å². The Bertz CT molecular complexity index is 1180. The number of unbranched alkanes of at least 4 members (excludes halogenated alkanes) is 15. The van der Waals surface area contributed by atoms with Crippen LogP contribution in [0.15, 0.2) is 0 Å². The molecule has 0 bridgehead atoms. The van der Waals surface area contributed by atoms with Crippen molar-refractivity contribution in [2.45, 2.75) is 187 Å². The molecule has 0 heterocycles.